The number of hydrogen-bond donors (Lipinski definition) is 1. The maximum atomic E-state index is 10.9. The number of carbonyl (C=O) groups is 1. The van der Waals surface area contributed by atoms with E-state index in [1.165, 1.54) is 22.3 Å². The van der Waals surface area contributed by atoms with Crippen LogP contribution in [0.3, 0.4) is 0 Å². The summed E-state index contributed by atoms with van der Waals surface area (Å²) in [7, 11) is 1.72. The van der Waals surface area contributed by atoms with E-state index in [0.717, 1.165) is 18.7 Å². The first-order valence-electron chi connectivity index (χ1n) is 6.31. The summed E-state index contributed by atoms with van der Waals surface area (Å²) in [4.78, 5) is 10.9. The van der Waals surface area contributed by atoms with Crippen LogP contribution in [0.15, 0.2) is 6.07 Å². The van der Waals surface area contributed by atoms with Crippen molar-refractivity contribution in [3.05, 3.63) is 28.3 Å². The molecule has 0 heterocycles. The minimum absolute atomic E-state index is 0.166. The summed E-state index contributed by atoms with van der Waals surface area (Å²) in [6.07, 6.45) is 0.878. The predicted octanol–water partition coefficient (Wildman–Crippen LogP) is 2.34. The lowest BCUT2D eigenvalue weighted by molar-refractivity contribution is -0.116. The third kappa shape index (κ3) is 3.57. The largest absolute Gasteiger partial charge is 0.496 e. The van der Waals surface area contributed by atoms with Gasteiger partial charge in [0.1, 0.15) is 11.5 Å². The number of ketones is 1. The molecule has 0 aliphatic rings. The molecule has 100 valence electrons. The second-order valence-electron chi connectivity index (χ2n) is 4.78. The highest BCUT2D eigenvalue weighted by Gasteiger charge is 2.11. The van der Waals surface area contributed by atoms with E-state index in [0.29, 0.717) is 6.54 Å². The summed E-state index contributed by atoms with van der Waals surface area (Å²) in [5, 5.41) is 3.14. The fraction of sp³-hybridized carbons (Fsp3) is 0.533. The van der Waals surface area contributed by atoms with Gasteiger partial charge in [0.25, 0.3) is 0 Å². The van der Waals surface area contributed by atoms with Crippen LogP contribution in [0.2, 0.25) is 0 Å². The molecule has 0 fully saturated rings. The number of Topliss-reactive ketones (excluding diaryl/α,β-unsaturated/α-hetero) is 1. The zero-order valence-corrected chi connectivity index (χ0v) is 12.0. The van der Waals surface area contributed by atoms with Crippen LogP contribution in [0.25, 0.3) is 0 Å². The smallest absolute Gasteiger partial charge is 0.143 e. The van der Waals surface area contributed by atoms with Crippen molar-refractivity contribution in [2.75, 3.05) is 20.2 Å². The van der Waals surface area contributed by atoms with Crippen LogP contribution in [0.4, 0.5) is 0 Å². The molecule has 0 saturated carbocycles. The third-order valence-electron chi connectivity index (χ3n) is 3.25. The van der Waals surface area contributed by atoms with Crippen molar-refractivity contribution in [2.24, 2.45) is 0 Å². The van der Waals surface area contributed by atoms with E-state index in [-0.39, 0.29) is 5.78 Å². The van der Waals surface area contributed by atoms with Crippen molar-refractivity contribution in [2.45, 2.75) is 34.1 Å². The summed E-state index contributed by atoms with van der Waals surface area (Å²) in [6, 6.07) is 2.19. The van der Waals surface area contributed by atoms with Crippen molar-refractivity contribution in [3.63, 3.8) is 0 Å². The first kappa shape index (κ1) is 14.7. The molecule has 3 nitrogen and oxygen atoms in total. The molecule has 0 amide bonds. The van der Waals surface area contributed by atoms with E-state index in [9.17, 15) is 4.79 Å². The highest BCUT2D eigenvalue weighted by molar-refractivity contribution is 5.77. The lowest BCUT2D eigenvalue weighted by Crippen LogP contribution is -2.23. The molecular weight excluding hydrogens is 226 g/mol. The number of carbonyl (C=O) groups excluding carboxylic acids is 1. The SMILES string of the molecule is COc1c(C)c(C)cc(C)c1CCNCC(C)=O. The van der Waals surface area contributed by atoms with Crippen LogP contribution in [-0.4, -0.2) is 26.0 Å². The van der Waals surface area contributed by atoms with Gasteiger partial charge in [0.15, 0.2) is 0 Å². The molecule has 1 aromatic carbocycles. The Morgan fingerprint density at radius 3 is 2.50 bits per heavy atom. The van der Waals surface area contributed by atoms with Gasteiger partial charge in [-0.3, -0.25) is 4.79 Å². The van der Waals surface area contributed by atoms with E-state index in [4.69, 9.17) is 4.74 Å². The Balaban J connectivity index is 2.81. The van der Waals surface area contributed by atoms with E-state index < -0.39 is 0 Å². The zero-order valence-electron chi connectivity index (χ0n) is 12.0. The summed E-state index contributed by atoms with van der Waals surface area (Å²) >= 11 is 0. The molecule has 0 aliphatic heterocycles. The highest BCUT2D eigenvalue weighted by Crippen LogP contribution is 2.29. The molecule has 0 unspecified atom stereocenters. The average Bonchev–Trinajstić information content (AvgIpc) is 2.30. The van der Waals surface area contributed by atoms with Gasteiger partial charge in [-0.15, -0.1) is 0 Å². The average molecular weight is 249 g/mol. The Morgan fingerprint density at radius 1 is 1.28 bits per heavy atom. The Hall–Kier alpha value is -1.35. The quantitative estimate of drug-likeness (QED) is 0.786. The van der Waals surface area contributed by atoms with Crippen molar-refractivity contribution >= 4 is 5.78 Å². The second kappa shape index (κ2) is 6.55. The number of methoxy groups -OCH3 is 1. The number of ether oxygens (including phenoxy) is 1. The van der Waals surface area contributed by atoms with Gasteiger partial charge < -0.3 is 10.1 Å². The lowest BCUT2D eigenvalue weighted by atomic mass is 9.97. The summed E-state index contributed by atoms with van der Waals surface area (Å²) in [5.74, 6) is 1.15. The molecule has 0 saturated heterocycles. The Labute approximate surface area is 110 Å². The maximum absolute atomic E-state index is 10.9. The van der Waals surface area contributed by atoms with Crippen LogP contribution in [0.1, 0.15) is 29.2 Å². The van der Waals surface area contributed by atoms with Crippen LogP contribution in [0.5, 0.6) is 5.75 Å². The Kier molecular flexibility index (Phi) is 5.35. The predicted molar refractivity (Wildman–Crippen MR) is 74.5 cm³/mol. The number of hydrogen-bond acceptors (Lipinski definition) is 3. The first-order valence-corrected chi connectivity index (χ1v) is 6.31. The molecule has 0 aromatic heterocycles. The van der Waals surface area contributed by atoms with Crippen molar-refractivity contribution in [1.29, 1.82) is 0 Å². The molecular formula is C15H23NO2. The normalized spacial score (nSPS) is 10.5. The molecule has 1 rings (SSSR count). The van der Waals surface area contributed by atoms with Crippen molar-refractivity contribution in [3.8, 4) is 5.75 Å². The summed E-state index contributed by atoms with van der Waals surface area (Å²) in [5.41, 5.74) is 4.94. The van der Waals surface area contributed by atoms with Crippen LogP contribution in [0, 0.1) is 20.8 Å². The minimum atomic E-state index is 0.166. The molecule has 18 heavy (non-hydrogen) atoms. The topological polar surface area (TPSA) is 38.3 Å². The van der Waals surface area contributed by atoms with Gasteiger partial charge in [0.05, 0.1) is 13.7 Å². The second-order valence-corrected chi connectivity index (χ2v) is 4.78. The maximum Gasteiger partial charge on any atom is 0.143 e. The van der Waals surface area contributed by atoms with E-state index in [1.54, 1.807) is 14.0 Å². The minimum Gasteiger partial charge on any atom is -0.496 e. The number of nitrogens with one attached hydrogen (secondary N) is 1. The molecule has 1 N–H and O–H groups in total. The van der Waals surface area contributed by atoms with Gasteiger partial charge in [0, 0.05) is 0 Å². The fourth-order valence-corrected chi connectivity index (χ4v) is 2.17. The third-order valence-corrected chi connectivity index (χ3v) is 3.25. The van der Waals surface area contributed by atoms with Gasteiger partial charge in [0.2, 0.25) is 0 Å². The summed E-state index contributed by atoms with van der Waals surface area (Å²) in [6.45, 7) is 9.11. The highest BCUT2D eigenvalue weighted by atomic mass is 16.5. The molecule has 0 bridgehead atoms. The molecule has 0 atom stereocenters. The standard InChI is InChI=1S/C15H23NO2/c1-10-8-11(2)14(15(18-5)13(10)4)6-7-16-9-12(3)17/h8,16H,6-7,9H2,1-5H3. The molecule has 0 aliphatic carbocycles. The molecule has 1 aromatic rings. The number of rotatable bonds is 6. The first-order chi connectivity index (χ1) is 8.47. The monoisotopic (exact) mass is 249 g/mol. The van der Waals surface area contributed by atoms with Gasteiger partial charge in [-0.05, 0) is 62.9 Å². The van der Waals surface area contributed by atoms with E-state index in [1.807, 2.05) is 0 Å². The molecule has 0 spiro atoms. The zero-order chi connectivity index (χ0) is 13.7. The van der Waals surface area contributed by atoms with Crippen LogP contribution >= 0.6 is 0 Å². The number of aryl methyl sites for hydroxylation is 2. The fourth-order valence-electron chi connectivity index (χ4n) is 2.17. The van der Waals surface area contributed by atoms with Crippen LogP contribution in [-0.2, 0) is 11.2 Å². The van der Waals surface area contributed by atoms with Gasteiger partial charge in [-0.1, -0.05) is 6.07 Å². The molecule has 3 heteroatoms. The number of benzene rings is 1. The van der Waals surface area contributed by atoms with E-state index in [2.05, 4.69) is 32.2 Å². The molecule has 0 radical (unpaired) electrons. The van der Waals surface area contributed by atoms with Crippen molar-refractivity contribution < 1.29 is 9.53 Å². The van der Waals surface area contributed by atoms with Crippen molar-refractivity contribution in [1.82, 2.24) is 5.32 Å². The van der Waals surface area contributed by atoms with Gasteiger partial charge in [-0.2, -0.15) is 0 Å². The van der Waals surface area contributed by atoms with Crippen LogP contribution < -0.4 is 10.1 Å². The Bertz CT molecular complexity index is 439. The lowest BCUT2D eigenvalue weighted by Gasteiger charge is -2.16. The van der Waals surface area contributed by atoms with Gasteiger partial charge >= 0.3 is 0 Å². The van der Waals surface area contributed by atoms with Gasteiger partial charge in [-0.25, -0.2) is 0 Å². The summed E-state index contributed by atoms with van der Waals surface area (Å²) < 4.78 is 5.52. The Morgan fingerprint density at radius 2 is 1.94 bits per heavy atom. The van der Waals surface area contributed by atoms with E-state index >= 15 is 0 Å².